The normalized spacial score (nSPS) is 14.1. The van der Waals surface area contributed by atoms with E-state index in [0.29, 0.717) is 23.3 Å². The Morgan fingerprint density at radius 1 is 0.532 bits per heavy atom. The summed E-state index contributed by atoms with van der Waals surface area (Å²) >= 11 is 1.83. The number of aliphatic imine (C=N–C) groups is 2. The van der Waals surface area contributed by atoms with Crippen LogP contribution in [0.5, 0.6) is 0 Å². The largest absolute Gasteiger partial charge is 0.344 e. The van der Waals surface area contributed by atoms with Gasteiger partial charge in [0.1, 0.15) is 12.0 Å². The van der Waals surface area contributed by atoms with Crippen LogP contribution in [-0.4, -0.2) is 32.8 Å². The Balaban J connectivity index is 1.05. The van der Waals surface area contributed by atoms with E-state index < -0.39 is 0 Å². The Kier molecular flexibility index (Phi) is 10.5. The number of hydrogen-bond acceptors (Lipinski definition) is 7. The van der Waals surface area contributed by atoms with Gasteiger partial charge in [-0.3, -0.25) is 0 Å². The van der Waals surface area contributed by atoms with Gasteiger partial charge in [-0.25, -0.2) is 24.9 Å². The van der Waals surface area contributed by atoms with Crippen molar-refractivity contribution in [2.24, 2.45) is 9.98 Å². The third-order valence-electron chi connectivity index (χ3n) is 10.9. The molecule has 1 aliphatic rings. The summed E-state index contributed by atoms with van der Waals surface area (Å²) in [5.74, 6) is 3.34. The standard InChI is InChI=1S/C55H40N6S/c1-3-5-19-36(4-2)50-56-51(37-20-9-6-10-21-37)59-54(57-50)42-28-15-26-40(34-42)44-30-17-32-46-47-33-18-31-45(49(47)62-48(44)46)41-27-16-29-43(35-41)55-60-52(38-22-11-7-12-23-38)58-53(61-55)39-24-13-8-14-25-39/h3-35,50H,2H2,1H3,(H,56,57,59)/b5-3-,36-19+. The van der Waals surface area contributed by atoms with E-state index in [0.717, 1.165) is 61.5 Å². The minimum absolute atomic E-state index is 0.347. The quantitative estimate of drug-likeness (QED) is 0.140. The predicted molar refractivity (Wildman–Crippen MR) is 259 cm³/mol. The average Bonchev–Trinajstić information content (AvgIpc) is 3.74. The number of aromatic nitrogens is 3. The molecule has 0 fully saturated rings. The highest BCUT2D eigenvalue weighted by atomic mass is 32.1. The summed E-state index contributed by atoms with van der Waals surface area (Å²) in [6.07, 6.45) is 7.56. The van der Waals surface area contributed by atoms with Crippen molar-refractivity contribution in [1.29, 1.82) is 0 Å². The van der Waals surface area contributed by atoms with Crippen LogP contribution >= 0.6 is 11.3 Å². The van der Waals surface area contributed by atoms with Crippen LogP contribution in [0.1, 0.15) is 18.1 Å². The number of amidine groups is 2. The summed E-state index contributed by atoms with van der Waals surface area (Å²) in [5.41, 5.74) is 10.2. The first-order valence-corrected chi connectivity index (χ1v) is 21.4. The van der Waals surface area contributed by atoms with Crippen molar-refractivity contribution in [2.45, 2.75) is 13.1 Å². The summed E-state index contributed by atoms with van der Waals surface area (Å²) in [4.78, 5) is 25.2. The van der Waals surface area contributed by atoms with E-state index >= 15 is 0 Å². The minimum atomic E-state index is -0.347. The Hall–Kier alpha value is -7.87. The number of rotatable bonds is 10. The fourth-order valence-corrected chi connectivity index (χ4v) is 9.21. The maximum atomic E-state index is 5.13. The molecule has 2 aromatic heterocycles. The molecule has 0 spiro atoms. The van der Waals surface area contributed by atoms with Crippen molar-refractivity contribution < 1.29 is 0 Å². The first-order chi connectivity index (χ1) is 30.6. The van der Waals surface area contributed by atoms with Crippen LogP contribution in [0.2, 0.25) is 0 Å². The number of thiophene rings is 1. The number of allylic oxidation sites excluding steroid dienone is 3. The van der Waals surface area contributed by atoms with Gasteiger partial charge in [-0.2, -0.15) is 0 Å². The number of fused-ring (bicyclic) bond motifs is 3. The van der Waals surface area contributed by atoms with Gasteiger partial charge in [0, 0.05) is 48.0 Å². The first kappa shape index (κ1) is 38.3. The van der Waals surface area contributed by atoms with Crippen LogP contribution in [0, 0.1) is 0 Å². The third-order valence-corrected chi connectivity index (χ3v) is 12.2. The molecule has 1 unspecified atom stereocenters. The van der Waals surface area contributed by atoms with Gasteiger partial charge in [-0.05, 0) is 46.9 Å². The van der Waals surface area contributed by atoms with E-state index in [9.17, 15) is 0 Å². The zero-order valence-electron chi connectivity index (χ0n) is 34.0. The average molecular weight is 817 g/mol. The second-order valence-corrected chi connectivity index (χ2v) is 15.9. The summed E-state index contributed by atoms with van der Waals surface area (Å²) in [5, 5.41) is 5.98. The van der Waals surface area contributed by atoms with E-state index in [1.165, 1.54) is 20.2 Å². The van der Waals surface area contributed by atoms with Gasteiger partial charge >= 0.3 is 0 Å². The second-order valence-electron chi connectivity index (χ2n) is 14.9. The lowest BCUT2D eigenvalue weighted by molar-refractivity contribution is 0.731. The molecule has 296 valence electrons. The van der Waals surface area contributed by atoms with Crippen LogP contribution in [0.3, 0.4) is 0 Å². The molecular weight excluding hydrogens is 777 g/mol. The molecule has 7 heteroatoms. The molecule has 10 rings (SSSR count). The van der Waals surface area contributed by atoms with Gasteiger partial charge in [0.15, 0.2) is 23.3 Å². The minimum Gasteiger partial charge on any atom is -0.344 e. The van der Waals surface area contributed by atoms with Crippen LogP contribution in [0.4, 0.5) is 0 Å². The summed E-state index contributed by atoms with van der Waals surface area (Å²) in [6, 6.07) is 60.7. The molecule has 3 heterocycles. The Labute approximate surface area is 364 Å². The summed E-state index contributed by atoms with van der Waals surface area (Å²) in [6.45, 7) is 6.10. The SMILES string of the molecule is C=C/C(=C\C=C/C)C1N=C(c2cccc(-c3cccc4c3sc3c(-c5cccc(-c6nc(-c7ccccc7)nc(-c7ccccc7)n6)c5)cccc34)c2)N=C(c2ccccc2)N1. The van der Waals surface area contributed by atoms with Crippen LogP contribution in [0.15, 0.2) is 222 Å². The van der Waals surface area contributed by atoms with Gasteiger partial charge in [0.25, 0.3) is 0 Å². The fraction of sp³-hybridized carbons (Fsp3) is 0.0364. The molecule has 0 amide bonds. The molecule has 62 heavy (non-hydrogen) atoms. The van der Waals surface area contributed by atoms with E-state index in [1.807, 2.05) is 121 Å². The zero-order valence-corrected chi connectivity index (χ0v) is 34.8. The number of nitrogens with zero attached hydrogens (tertiary/aromatic N) is 5. The van der Waals surface area contributed by atoms with Gasteiger partial charge in [-0.15, -0.1) is 11.3 Å². The molecule has 0 aliphatic carbocycles. The van der Waals surface area contributed by atoms with Gasteiger partial charge in [0.2, 0.25) is 0 Å². The maximum Gasteiger partial charge on any atom is 0.164 e. The molecular formula is C55H40N6S. The Morgan fingerprint density at radius 3 is 1.55 bits per heavy atom. The zero-order chi connectivity index (χ0) is 41.8. The van der Waals surface area contributed by atoms with Crippen LogP contribution in [-0.2, 0) is 0 Å². The number of hydrogen-bond donors (Lipinski definition) is 1. The van der Waals surface area contributed by atoms with E-state index in [1.54, 1.807) is 0 Å². The van der Waals surface area contributed by atoms with Crippen molar-refractivity contribution in [3.8, 4) is 56.4 Å². The number of benzene rings is 7. The lowest BCUT2D eigenvalue weighted by Gasteiger charge is -2.24. The van der Waals surface area contributed by atoms with Crippen molar-refractivity contribution >= 4 is 43.2 Å². The lowest BCUT2D eigenvalue weighted by atomic mass is 9.98. The molecule has 0 radical (unpaired) electrons. The molecule has 6 nitrogen and oxygen atoms in total. The lowest BCUT2D eigenvalue weighted by Crippen LogP contribution is -2.39. The van der Waals surface area contributed by atoms with Crippen molar-refractivity contribution in [1.82, 2.24) is 20.3 Å². The molecule has 9 aromatic rings. The molecule has 0 bridgehead atoms. The fourth-order valence-electron chi connectivity index (χ4n) is 7.83. The molecule has 0 saturated carbocycles. The van der Waals surface area contributed by atoms with Crippen molar-refractivity contribution in [3.63, 3.8) is 0 Å². The van der Waals surface area contributed by atoms with E-state index in [2.05, 4.69) is 109 Å². The number of nitrogens with one attached hydrogen (secondary N) is 1. The maximum absolute atomic E-state index is 5.13. The first-order valence-electron chi connectivity index (χ1n) is 20.6. The third kappa shape index (κ3) is 7.58. The highest BCUT2D eigenvalue weighted by molar-refractivity contribution is 7.26. The van der Waals surface area contributed by atoms with Crippen LogP contribution in [0.25, 0.3) is 76.6 Å². The second kappa shape index (κ2) is 17.0. The van der Waals surface area contributed by atoms with E-state index in [4.69, 9.17) is 24.9 Å². The Bertz CT molecular complexity index is 3180. The smallest absolute Gasteiger partial charge is 0.164 e. The molecule has 7 aromatic carbocycles. The van der Waals surface area contributed by atoms with Crippen molar-refractivity contribution in [2.75, 3.05) is 0 Å². The van der Waals surface area contributed by atoms with Gasteiger partial charge < -0.3 is 5.32 Å². The van der Waals surface area contributed by atoms with Crippen molar-refractivity contribution in [3.05, 3.63) is 224 Å². The molecule has 1 N–H and O–H groups in total. The molecule has 1 atom stereocenters. The highest BCUT2D eigenvalue weighted by Gasteiger charge is 2.22. The molecule has 1 aliphatic heterocycles. The van der Waals surface area contributed by atoms with Crippen LogP contribution < -0.4 is 5.32 Å². The van der Waals surface area contributed by atoms with Gasteiger partial charge in [0.05, 0.1) is 0 Å². The Morgan fingerprint density at radius 2 is 1.00 bits per heavy atom. The molecule has 0 saturated heterocycles. The topological polar surface area (TPSA) is 75.4 Å². The highest BCUT2D eigenvalue weighted by Crippen LogP contribution is 2.44. The van der Waals surface area contributed by atoms with Gasteiger partial charge in [-0.1, -0.05) is 195 Å². The predicted octanol–water partition coefficient (Wildman–Crippen LogP) is 13.4. The summed E-state index contributed by atoms with van der Waals surface area (Å²) in [7, 11) is 0. The van der Waals surface area contributed by atoms with E-state index in [-0.39, 0.29) is 6.17 Å². The monoisotopic (exact) mass is 816 g/mol. The summed E-state index contributed by atoms with van der Waals surface area (Å²) < 4.78 is 2.45.